The molecule has 1 heterocycles. The Kier molecular flexibility index (Phi) is 6.43. The minimum atomic E-state index is 0.145. The summed E-state index contributed by atoms with van der Waals surface area (Å²) in [5.41, 5.74) is 1.32. The van der Waals surface area contributed by atoms with Crippen molar-refractivity contribution in [3.63, 3.8) is 0 Å². The van der Waals surface area contributed by atoms with Crippen molar-refractivity contribution in [1.82, 2.24) is 10.3 Å². The molecule has 0 saturated heterocycles. The van der Waals surface area contributed by atoms with E-state index in [1.54, 1.807) is 7.11 Å². The molecule has 4 heteroatoms. The number of hydrogen-bond acceptors (Lipinski definition) is 4. The monoisotopic (exact) mass is 284 g/mol. The molecule has 0 radical (unpaired) electrons. The van der Waals surface area contributed by atoms with E-state index in [1.807, 2.05) is 11.3 Å². The van der Waals surface area contributed by atoms with Gasteiger partial charge in [0.25, 0.3) is 0 Å². The SMILES string of the molecule is COCCCCNC(C)c1sc(C(C)(C)C)nc1C. The molecule has 19 heavy (non-hydrogen) atoms. The normalized spacial score (nSPS) is 13.8. The molecular weight excluding hydrogens is 256 g/mol. The van der Waals surface area contributed by atoms with Gasteiger partial charge in [-0.2, -0.15) is 0 Å². The molecule has 1 aromatic rings. The van der Waals surface area contributed by atoms with Crippen LogP contribution in [0.2, 0.25) is 0 Å². The Balaban J connectivity index is 2.52. The average Bonchev–Trinajstić information content (AvgIpc) is 2.70. The van der Waals surface area contributed by atoms with Crippen molar-refractivity contribution >= 4 is 11.3 Å². The van der Waals surface area contributed by atoms with Crippen LogP contribution in [0.15, 0.2) is 0 Å². The highest BCUT2D eigenvalue weighted by molar-refractivity contribution is 7.12. The summed E-state index contributed by atoms with van der Waals surface area (Å²) < 4.78 is 5.06. The predicted molar refractivity (Wildman–Crippen MR) is 83.1 cm³/mol. The highest BCUT2D eigenvalue weighted by Crippen LogP contribution is 2.32. The second-order valence-corrected chi connectivity index (χ2v) is 7.13. The summed E-state index contributed by atoms with van der Waals surface area (Å²) >= 11 is 1.84. The molecule has 0 spiro atoms. The lowest BCUT2D eigenvalue weighted by Crippen LogP contribution is -2.20. The van der Waals surface area contributed by atoms with Crippen LogP contribution in [0.3, 0.4) is 0 Å². The lowest BCUT2D eigenvalue weighted by molar-refractivity contribution is 0.192. The number of nitrogens with zero attached hydrogens (tertiary/aromatic N) is 1. The Morgan fingerprint density at radius 3 is 2.53 bits per heavy atom. The predicted octanol–water partition coefficient (Wildman–Crippen LogP) is 3.83. The molecule has 0 fully saturated rings. The Morgan fingerprint density at radius 2 is 2.00 bits per heavy atom. The second kappa shape index (κ2) is 7.36. The maximum absolute atomic E-state index is 5.06. The van der Waals surface area contributed by atoms with Crippen molar-refractivity contribution in [1.29, 1.82) is 0 Å². The number of ether oxygens (including phenoxy) is 1. The first-order valence-electron chi connectivity index (χ1n) is 7.06. The molecule has 0 bridgehead atoms. The van der Waals surface area contributed by atoms with Crippen LogP contribution in [0.4, 0.5) is 0 Å². The van der Waals surface area contributed by atoms with E-state index in [0.717, 1.165) is 26.0 Å². The molecule has 0 aromatic carbocycles. The van der Waals surface area contributed by atoms with Gasteiger partial charge in [0.2, 0.25) is 0 Å². The summed E-state index contributed by atoms with van der Waals surface area (Å²) in [7, 11) is 1.75. The molecule has 110 valence electrons. The fourth-order valence-electron chi connectivity index (χ4n) is 1.91. The van der Waals surface area contributed by atoms with Crippen LogP contribution in [0.5, 0.6) is 0 Å². The second-order valence-electron chi connectivity index (χ2n) is 6.09. The zero-order valence-corrected chi connectivity index (χ0v) is 14.0. The largest absolute Gasteiger partial charge is 0.385 e. The molecule has 1 aromatic heterocycles. The third kappa shape index (κ3) is 5.21. The molecular formula is C15H28N2OS. The molecule has 0 aliphatic heterocycles. The number of aryl methyl sites for hydroxylation is 1. The van der Waals surface area contributed by atoms with E-state index in [9.17, 15) is 0 Å². The highest BCUT2D eigenvalue weighted by Gasteiger charge is 2.22. The van der Waals surface area contributed by atoms with Gasteiger partial charge in [-0.1, -0.05) is 20.8 Å². The van der Waals surface area contributed by atoms with Gasteiger partial charge in [-0.05, 0) is 33.2 Å². The van der Waals surface area contributed by atoms with Crippen molar-refractivity contribution in [2.24, 2.45) is 0 Å². The lowest BCUT2D eigenvalue weighted by Gasteiger charge is -2.14. The van der Waals surface area contributed by atoms with Crippen molar-refractivity contribution < 1.29 is 4.74 Å². The van der Waals surface area contributed by atoms with E-state index in [2.05, 4.69) is 39.9 Å². The third-order valence-corrected chi connectivity index (χ3v) is 4.86. The van der Waals surface area contributed by atoms with Gasteiger partial charge in [0.05, 0.1) is 10.7 Å². The van der Waals surface area contributed by atoms with Crippen LogP contribution in [0.1, 0.15) is 62.2 Å². The molecule has 0 aliphatic rings. The van der Waals surface area contributed by atoms with E-state index in [-0.39, 0.29) is 5.41 Å². The fraction of sp³-hybridized carbons (Fsp3) is 0.800. The summed E-state index contributed by atoms with van der Waals surface area (Å²) in [6.45, 7) is 12.9. The van der Waals surface area contributed by atoms with Crippen LogP contribution < -0.4 is 5.32 Å². The van der Waals surface area contributed by atoms with Crippen molar-refractivity contribution in [2.45, 2.75) is 58.9 Å². The number of hydrogen-bond donors (Lipinski definition) is 1. The number of rotatable bonds is 7. The molecule has 1 N–H and O–H groups in total. The Labute approximate surface area is 121 Å². The van der Waals surface area contributed by atoms with Gasteiger partial charge in [-0.25, -0.2) is 4.98 Å². The van der Waals surface area contributed by atoms with E-state index < -0.39 is 0 Å². The Hall–Kier alpha value is -0.450. The van der Waals surface area contributed by atoms with Gasteiger partial charge in [-0.15, -0.1) is 11.3 Å². The van der Waals surface area contributed by atoms with Crippen LogP contribution in [0, 0.1) is 6.92 Å². The molecule has 0 aliphatic carbocycles. The molecule has 1 rings (SSSR count). The van der Waals surface area contributed by atoms with Crippen molar-refractivity contribution in [3.05, 3.63) is 15.6 Å². The fourth-order valence-corrected chi connectivity index (χ4v) is 3.06. The van der Waals surface area contributed by atoms with Gasteiger partial charge in [-0.3, -0.25) is 0 Å². The van der Waals surface area contributed by atoms with Crippen LogP contribution in [-0.4, -0.2) is 25.2 Å². The molecule has 0 amide bonds. The zero-order chi connectivity index (χ0) is 14.5. The maximum atomic E-state index is 5.06. The topological polar surface area (TPSA) is 34.1 Å². The van der Waals surface area contributed by atoms with E-state index in [4.69, 9.17) is 9.72 Å². The first-order chi connectivity index (χ1) is 8.86. The molecule has 1 atom stereocenters. The summed E-state index contributed by atoms with van der Waals surface area (Å²) in [6.07, 6.45) is 2.27. The number of nitrogens with one attached hydrogen (secondary N) is 1. The van der Waals surface area contributed by atoms with Gasteiger partial charge in [0.1, 0.15) is 0 Å². The number of methoxy groups -OCH3 is 1. The smallest absolute Gasteiger partial charge is 0.0985 e. The number of thiazole rings is 1. The third-order valence-electron chi connectivity index (χ3n) is 3.09. The highest BCUT2D eigenvalue weighted by atomic mass is 32.1. The molecule has 1 unspecified atom stereocenters. The summed E-state index contributed by atoms with van der Waals surface area (Å²) in [5, 5.41) is 4.81. The van der Waals surface area contributed by atoms with Gasteiger partial charge >= 0.3 is 0 Å². The first-order valence-corrected chi connectivity index (χ1v) is 7.88. The van der Waals surface area contributed by atoms with Gasteiger partial charge in [0, 0.05) is 30.1 Å². The van der Waals surface area contributed by atoms with E-state index in [1.165, 1.54) is 15.6 Å². The summed E-state index contributed by atoms with van der Waals surface area (Å²) in [5.74, 6) is 0. The zero-order valence-electron chi connectivity index (χ0n) is 13.2. The van der Waals surface area contributed by atoms with Crippen LogP contribution in [-0.2, 0) is 10.2 Å². The van der Waals surface area contributed by atoms with Gasteiger partial charge < -0.3 is 10.1 Å². The van der Waals surface area contributed by atoms with Crippen LogP contribution in [0.25, 0.3) is 0 Å². The van der Waals surface area contributed by atoms with E-state index >= 15 is 0 Å². The molecule has 3 nitrogen and oxygen atoms in total. The van der Waals surface area contributed by atoms with E-state index in [0.29, 0.717) is 6.04 Å². The molecule has 0 saturated carbocycles. The summed E-state index contributed by atoms with van der Waals surface area (Å²) in [6, 6.07) is 0.385. The minimum Gasteiger partial charge on any atom is -0.385 e. The quantitative estimate of drug-likeness (QED) is 0.773. The minimum absolute atomic E-state index is 0.145. The standard InChI is InChI=1S/C15H28N2OS/c1-11(16-9-7-8-10-18-6)13-12(2)17-14(19-13)15(3,4)5/h11,16H,7-10H2,1-6H3. The van der Waals surface area contributed by atoms with Gasteiger partial charge in [0.15, 0.2) is 0 Å². The van der Waals surface area contributed by atoms with Crippen molar-refractivity contribution in [3.8, 4) is 0 Å². The Bertz CT molecular complexity index is 382. The van der Waals surface area contributed by atoms with Crippen LogP contribution >= 0.6 is 11.3 Å². The average molecular weight is 284 g/mol. The summed E-state index contributed by atoms with van der Waals surface area (Å²) in [4.78, 5) is 6.09. The lowest BCUT2D eigenvalue weighted by atomic mass is 9.98. The number of aromatic nitrogens is 1. The maximum Gasteiger partial charge on any atom is 0.0985 e. The first kappa shape index (κ1) is 16.6. The number of unbranched alkanes of at least 4 members (excludes halogenated alkanes) is 1. The Morgan fingerprint density at radius 1 is 1.32 bits per heavy atom. The van der Waals surface area contributed by atoms with Crippen molar-refractivity contribution in [2.75, 3.05) is 20.3 Å².